The van der Waals surface area contributed by atoms with Crippen molar-refractivity contribution in [3.05, 3.63) is 104 Å². The van der Waals surface area contributed by atoms with E-state index in [1.165, 1.54) is 23.3 Å². The number of amides is 1. The number of nitrogens with zero attached hydrogens (tertiary/aromatic N) is 2. The molecular weight excluding hydrogens is 476 g/mol. The number of thiazole rings is 1. The molecule has 0 N–H and O–H groups in total. The van der Waals surface area contributed by atoms with E-state index in [0.717, 1.165) is 21.3 Å². The number of carbonyl (C=O) groups excluding carboxylic acids is 2. The molecule has 1 amide bonds. The topological polar surface area (TPSA) is 89.7 Å². The molecule has 1 atom stereocenters. The Labute approximate surface area is 209 Å². The highest BCUT2D eigenvalue weighted by Gasteiger charge is 2.45. The van der Waals surface area contributed by atoms with Crippen molar-refractivity contribution >= 4 is 49.5 Å². The standard InChI is InChI=1S/C28H20N2O5S/c1-14-12-15(2)22-20(13-14)36-28(29-22)30-23(16-8-10-17(11-9-16)27(33)34-3)21-24(31)18-6-4-5-7-19(18)35-25(21)26(30)32/h4-13,23H,1-3H3/t23-/m1/s1. The number of benzene rings is 3. The Morgan fingerprint density at radius 3 is 2.56 bits per heavy atom. The molecule has 0 saturated heterocycles. The minimum Gasteiger partial charge on any atom is -0.465 e. The zero-order valence-electron chi connectivity index (χ0n) is 19.7. The molecule has 1 aliphatic rings. The maximum atomic E-state index is 13.8. The lowest BCUT2D eigenvalue weighted by Crippen LogP contribution is -2.29. The molecule has 0 radical (unpaired) electrons. The molecule has 3 aromatic carbocycles. The average Bonchev–Trinajstić information content (AvgIpc) is 3.43. The maximum Gasteiger partial charge on any atom is 0.337 e. The first-order valence-electron chi connectivity index (χ1n) is 11.3. The van der Waals surface area contributed by atoms with E-state index in [-0.39, 0.29) is 16.8 Å². The number of aryl methyl sites for hydroxylation is 2. The fourth-order valence-electron chi connectivity index (χ4n) is 4.81. The Morgan fingerprint density at radius 1 is 1.06 bits per heavy atom. The summed E-state index contributed by atoms with van der Waals surface area (Å²) in [5.41, 5.74) is 4.30. The van der Waals surface area contributed by atoms with Crippen LogP contribution in [0.3, 0.4) is 0 Å². The van der Waals surface area contributed by atoms with Gasteiger partial charge in [-0.3, -0.25) is 14.5 Å². The zero-order valence-corrected chi connectivity index (χ0v) is 20.5. The first kappa shape index (κ1) is 22.2. The summed E-state index contributed by atoms with van der Waals surface area (Å²) in [5.74, 6) is -0.889. The number of hydrogen-bond acceptors (Lipinski definition) is 7. The third-order valence-corrected chi connectivity index (χ3v) is 7.45. The van der Waals surface area contributed by atoms with Gasteiger partial charge in [-0.15, -0.1) is 0 Å². The maximum absolute atomic E-state index is 13.8. The number of ether oxygens (including phenoxy) is 1. The Bertz CT molecular complexity index is 1770. The van der Waals surface area contributed by atoms with Crippen LogP contribution < -0.4 is 10.3 Å². The van der Waals surface area contributed by atoms with E-state index in [1.54, 1.807) is 48.5 Å². The Hall–Kier alpha value is -4.30. The summed E-state index contributed by atoms with van der Waals surface area (Å²) in [6.45, 7) is 4.00. The minimum atomic E-state index is -0.762. The Kier molecular flexibility index (Phi) is 5.01. The van der Waals surface area contributed by atoms with Crippen molar-refractivity contribution in [1.82, 2.24) is 4.98 Å². The van der Waals surface area contributed by atoms with Gasteiger partial charge in [0.15, 0.2) is 10.6 Å². The second-order valence-electron chi connectivity index (χ2n) is 8.79. The van der Waals surface area contributed by atoms with E-state index >= 15 is 0 Å². The van der Waals surface area contributed by atoms with Crippen LogP contribution in [0.2, 0.25) is 0 Å². The fourth-order valence-corrected chi connectivity index (χ4v) is 5.98. The monoisotopic (exact) mass is 496 g/mol. The molecule has 1 aliphatic heterocycles. The van der Waals surface area contributed by atoms with Crippen LogP contribution in [0.15, 0.2) is 69.9 Å². The van der Waals surface area contributed by atoms with E-state index in [2.05, 4.69) is 0 Å². The van der Waals surface area contributed by atoms with Crippen LogP contribution in [0.1, 0.15) is 49.2 Å². The van der Waals surface area contributed by atoms with Crippen molar-refractivity contribution in [1.29, 1.82) is 0 Å². The molecule has 6 rings (SSSR count). The second-order valence-corrected chi connectivity index (χ2v) is 9.80. The van der Waals surface area contributed by atoms with E-state index in [4.69, 9.17) is 14.1 Å². The number of hydrogen-bond donors (Lipinski definition) is 0. The van der Waals surface area contributed by atoms with E-state index < -0.39 is 17.9 Å². The highest BCUT2D eigenvalue weighted by molar-refractivity contribution is 7.22. The first-order valence-corrected chi connectivity index (χ1v) is 12.1. The smallest absolute Gasteiger partial charge is 0.337 e. The van der Waals surface area contributed by atoms with Gasteiger partial charge in [0.05, 0.1) is 39.9 Å². The summed E-state index contributed by atoms with van der Waals surface area (Å²) in [4.78, 5) is 45.8. The van der Waals surface area contributed by atoms with Crippen LogP contribution in [-0.2, 0) is 4.74 Å². The van der Waals surface area contributed by atoms with E-state index in [0.29, 0.717) is 27.2 Å². The molecule has 8 heteroatoms. The van der Waals surface area contributed by atoms with Crippen LogP contribution >= 0.6 is 11.3 Å². The number of fused-ring (bicyclic) bond motifs is 3. The second kappa shape index (κ2) is 8.13. The molecule has 3 heterocycles. The van der Waals surface area contributed by atoms with Gasteiger partial charge in [0.2, 0.25) is 5.76 Å². The van der Waals surface area contributed by atoms with Crippen molar-refractivity contribution in [2.45, 2.75) is 19.9 Å². The van der Waals surface area contributed by atoms with Crippen LogP contribution in [0.25, 0.3) is 21.2 Å². The van der Waals surface area contributed by atoms with E-state index in [1.807, 2.05) is 26.0 Å². The van der Waals surface area contributed by atoms with Crippen LogP contribution in [-0.4, -0.2) is 24.0 Å². The molecule has 2 aromatic heterocycles. The van der Waals surface area contributed by atoms with Gasteiger partial charge in [0.25, 0.3) is 5.91 Å². The molecule has 5 aromatic rings. The predicted octanol–water partition coefficient (Wildman–Crippen LogP) is 5.56. The summed E-state index contributed by atoms with van der Waals surface area (Å²) >= 11 is 1.39. The molecule has 7 nitrogen and oxygen atoms in total. The Morgan fingerprint density at radius 2 is 1.81 bits per heavy atom. The SMILES string of the molecule is COC(=O)c1ccc([C@@H]2c3c(oc4ccccc4c3=O)C(=O)N2c2nc3c(C)cc(C)cc3s2)cc1. The van der Waals surface area contributed by atoms with Crippen molar-refractivity contribution in [3.8, 4) is 0 Å². The van der Waals surface area contributed by atoms with Gasteiger partial charge in [0.1, 0.15) is 5.58 Å². The van der Waals surface area contributed by atoms with Crippen molar-refractivity contribution in [3.63, 3.8) is 0 Å². The Balaban J connectivity index is 1.60. The number of aromatic nitrogens is 1. The molecule has 178 valence electrons. The van der Waals surface area contributed by atoms with Gasteiger partial charge in [-0.25, -0.2) is 9.78 Å². The molecule has 0 fully saturated rings. The van der Waals surface area contributed by atoms with Crippen LogP contribution in [0, 0.1) is 13.8 Å². The number of esters is 1. The lowest BCUT2D eigenvalue weighted by molar-refractivity contribution is 0.0600. The molecule has 0 unspecified atom stereocenters. The van der Waals surface area contributed by atoms with Gasteiger partial charge in [-0.05, 0) is 60.9 Å². The summed E-state index contributed by atoms with van der Waals surface area (Å²) in [7, 11) is 1.32. The number of rotatable bonds is 3. The van der Waals surface area contributed by atoms with Crippen LogP contribution in [0.4, 0.5) is 5.13 Å². The zero-order chi connectivity index (χ0) is 25.1. The quantitative estimate of drug-likeness (QED) is 0.304. The van der Waals surface area contributed by atoms with Crippen molar-refractivity contribution in [2.75, 3.05) is 12.0 Å². The minimum absolute atomic E-state index is 0.00732. The number of anilines is 1. The number of para-hydroxylation sites is 1. The van der Waals surface area contributed by atoms with E-state index in [9.17, 15) is 14.4 Å². The van der Waals surface area contributed by atoms with Gasteiger partial charge in [-0.2, -0.15) is 0 Å². The van der Waals surface area contributed by atoms with Crippen LogP contribution in [0.5, 0.6) is 0 Å². The highest BCUT2D eigenvalue weighted by atomic mass is 32.1. The summed E-state index contributed by atoms with van der Waals surface area (Å²) in [6.07, 6.45) is 0. The molecule has 36 heavy (non-hydrogen) atoms. The summed E-state index contributed by atoms with van der Waals surface area (Å²) < 4.78 is 11.8. The third kappa shape index (κ3) is 3.25. The first-order chi connectivity index (χ1) is 17.4. The molecular formula is C28H20N2O5S. The molecule has 0 aliphatic carbocycles. The molecule has 0 spiro atoms. The fraction of sp³-hybridized carbons (Fsp3) is 0.143. The van der Waals surface area contributed by atoms with Gasteiger partial charge < -0.3 is 9.15 Å². The van der Waals surface area contributed by atoms with Crippen molar-refractivity contribution < 1.29 is 18.7 Å². The number of methoxy groups -OCH3 is 1. The largest absolute Gasteiger partial charge is 0.465 e. The summed E-state index contributed by atoms with van der Waals surface area (Å²) in [5, 5.41) is 0.874. The highest BCUT2D eigenvalue weighted by Crippen LogP contribution is 2.44. The lowest BCUT2D eigenvalue weighted by Gasteiger charge is -2.22. The number of carbonyl (C=O) groups is 2. The van der Waals surface area contributed by atoms with Gasteiger partial charge in [-0.1, -0.05) is 41.7 Å². The van der Waals surface area contributed by atoms with Gasteiger partial charge in [0, 0.05) is 0 Å². The third-order valence-electron chi connectivity index (χ3n) is 6.45. The molecule has 0 bridgehead atoms. The molecule has 0 saturated carbocycles. The summed E-state index contributed by atoms with van der Waals surface area (Å²) in [6, 6.07) is 16.9. The average molecular weight is 497 g/mol. The lowest BCUT2D eigenvalue weighted by atomic mass is 9.98. The van der Waals surface area contributed by atoms with Gasteiger partial charge >= 0.3 is 5.97 Å². The predicted molar refractivity (Wildman–Crippen MR) is 138 cm³/mol. The normalized spacial score (nSPS) is 15.0. The van der Waals surface area contributed by atoms with Crippen molar-refractivity contribution in [2.24, 2.45) is 0 Å².